The molecule has 19 heavy (non-hydrogen) atoms. The number of ether oxygens (including phenoxy) is 1. The summed E-state index contributed by atoms with van der Waals surface area (Å²) in [4.78, 5) is 2.22. The molecule has 0 aromatic heterocycles. The van der Waals surface area contributed by atoms with Crippen LogP contribution in [0, 0.1) is 23.2 Å². The van der Waals surface area contributed by atoms with Crippen molar-refractivity contribution in [2.45, 2.75) is 20.3 Å². The highest BCUT2D eigenvalue weighted by Gasteiger charge is 2.15. The Balaban J connectivity index is 2.50. The first-order valence-electron chi connectivity index (χ1n) is 6.78. The lowest BCUT2D eigenvalue weighted by Crippen LogP contribution is -2.29. The summed E-state index contributed by atoms with van der Waals surface area (Å²) in [7, 11) is 3.77. The molecule has 1 aromatic carbocycles. The minimum absolute atomic E-state index is 0.0997. The fraction of sp³-hybridized carbons (Fsp3) is 0.562. The first kappa shape index (κ1) is 15.5. The number of likely N-dealkylation sites (N-methyl/N-ethyl adjacent to an activating group) is 1. The lowest BCUT2D eigenvalue weighted by atomic mass is 9.97. The van der Waals surface area contributed by atoms with Gasteiger partial charge in [-0.15, -0.1) is 0 Å². The van der Waals surface area contributed by atoms with E-state index in [-0.39, 0.29) is 5.92 Å². The van der Waals surface area contributed by atoms with Gasteiger partial charge in [-0.2, -0.15) is 5.26 Å². The largest absolute Gasteiger partial charge is 0.496 e. The minimum Gasteiger partial charge on any atom is -0.496 e. The quantitative estimate of drug-likeness (QED) is 0.756. The van der Waals surface area contributed by atoms with Crippen LogP contribution in [0.15, 0.2) is 24.3 Å². The summed E-state index contributed by atoms with van der Waals surface area (Å²) in [5.41, 5.74) is 1.22. The van der Waals surface area contributed by atoms with Crippen LogP contribution in [0.25, 0.3) is 0 Å². The van der Waals surface area contributed by atoms with Gasteiger partial charge in [0.25, 0.3) is 0 Å². The number of hydrogen-bond acceptors (Lipinski definition) is 3. The average Bonchev–Trinajstić information content (AvgIpc) is 2.42. The number of nitrogens with zero attached hydrogens (tertiary/aromatic N) is 2. The Bertz CT molecular complexity index is 423. The topological polar surface area (TPSA) is 36.3 Å². The van der Waals surface area contributed by atoms with Crippen molar-refractivity contribution >= 4 is 0 Å². The van der Waals surface area contributed by atoms with Gasteiger partial charge in [-0.1, -0.05) is 32.0 Å². The molecule has 1 aromatic rings. The zero-order chi connectivity index (χ0) is 14.3. The van der Waals surface area contributed by atoms with Crippen molar-refractivity contribution in [3.05, 3.63) is 29.8 Å². The van der Waals surface area contributed by atoms with Gasteiger partial charge >= 0.3 is 0 Å². The van der Waals surface area contributed by atoms with Crippen molar-refractivity contribution in [1.29, 1.82) is 5.26 Å². The molecule has 1 unspecified atom stereocenters. The molecule has 1 atom stereocenters. The summed E-state index contributed by atoms with van der Waals surface area (Å²) in [5.74, 6) is 1.44. The van der Waals surface area contributed by atoms with Crippen molar-refractivity contribution in [2.24, 2.45) is 11.8 Å². The van der Waals surface area contributed by atoms with Gasteiger partial charge in [0.15, 0.2) is 0 Å². The molecular weight excluding hydrogens is 236 g/mol. The highest BCUT2D eigenvalue weighted by molar-refractivity contribution is 5.33. The molecule has 0 aliphatic rings. The molecule has 0 aliphatic carbocycles. The normalized spacial score (nSPS) is 12.5. The molecule has 104 valence electrons. The van der Waals surface area contributed by atoms with Crippen molar-refractivity contribution in [2.75, 3.05) is 27.2 Å². The van der Waals surface area contributed by atoms with E-state index in [0.29, 0.717) is 5.92 Å². The summed E-state index contributed by atoms with van der Waals surface area (Å²) >= 11 is 0. The standard InChI is InChI=1S/C16H24N2O/c1-13(2)15(11-17)12-18(3)10-9-14-7-5-6-8-16(14)19-4/h5-8,13,15H,9-10,12H2,1-4H3. The maximum Gasteiger partial charge on any atom is 0.122 e. The first-order valence-corrected chi connectivity index (χ1v) is 6.78. The van der Waals surface area contributed by atoms with Crippen LogP contribution in [0.4, 0.5) is 0 Å². The zero-order valence-corrected chi connectivity index (χ0v) is 12.4. The third-order valence-corrected chi connectivity index (χ3v) is 3.43. The second-order valence-corrected chi connectivity index (χ2v) is 5.30. The van der Waals surface area contributed by atoms with Crippen LogP contribution in [-0.2, 0) is 6.42 Å². The van der Waals surface area contributed by atoms with Crippen LogP contribution in [0.5, 0.6) is 5.75 Å². The van der Waals surface area contributed by atoms with Gasteiger partial charge in [-0.3, -0.25) is 0 Å². The van der Waals surface area contributed by atoms with Crippen molar-refractivity contribution in [3.63, 3.8) is 0 Å². The molecule has 0 heterocycles. The second-order valence-electron chi connectivity index (χ2n) is 5.30. The van der Waals surface area contributed by atoms with E-state index < -0.39 is 0 Å². The summed E-state index contributed by atoms with van der Waals surface area (Å²) in [6.07, 6.45) is 0.941. The van der Waals surface area contributed by atoms with Gasteiger partial charge in [-0.25, -0.2) is 0 Å². The van der Waals surface area contributed by atoms with Crippen molar-refractivity contribution < 1.29 is 4.74 Å². The fourth-order valence-corrected chi connectivity index (χ4v) is 2.05. The second kappa shape index (κ2) is 7.81. The summed E-state index contributed by atoms with van der Waals surface area (Å²) in [5, 5.41) is 9.12. The molecule has 3 nitrogen and oxygen atoms in total. The molecule has 0 bridgehead atoms. The van der Waals surface area contributed by atoms with Crippen molar-refractivity contribution in [3.8, 4) is 11.8 Å². The first-order chi connectivity index (χ1) is 9.08. The molecule has 0 saturated heterocycles. The Kier molecular flexibility index (Phi) is 6.38. The van der Waals surface area contributed by atoms with Crippen LogP contribution in [0.3, 0.4) is 0 Å². The van der Waals surface area contributed by atoms with Crippen LogP contribution in [0.2, 0.25) is 0 Å². The van der Waals surface area contributed by atoms with Gasteiger partial charge < -0.3 is 9.64 Å². The van der Waals surface area contributed by atoms with E-state index in [4.69, 9.17) is 10.00 Å². The van der Waals surface area contributed by atoms with Crippen LogP contribution < -0.4 is 4.74 Å². The average molecular weight is 260 g/mol. The van der Waals surface area contributed by atoms with E-state index in [9.17, 15) is 0 Å². The highest BCUT2D eigenvalue weighted by Crippen LogP contribution is 2.18. The maximum atomic E-state index is 9.12. The van der Waals surface area contributed by atoms with E-state index in [1.807, 2.05) is 18.2 Å². The predicted octanol–water partition coefficient (Wildman–Crippen LogP) is 2.97. The molecule has 0 aliphatic heterocycles. The number of nitriles is 1. The minimum atomic E-state index is 0.0997. The smallest absolute Gasteiger partial charge is 0.122 e. The molecule has 1 rings (SSSR count). The Morgan fingerprint density at radius 3 is 2.58 bits per heavy atom. The number of hydrogen-bond donors (Lipinski definition) is 0. The number of benzene rings is 1. The molecule has 3 heteroatoms. The molecule has 0 fully saturated rings. The monoisotopic (exact) mass is 260 g/mol. The Morgan fingerprint density at radius 2 is 2.00 bits per heavy atom. The number of methoxy groups -OCH3 is 1. The summed E-state index contributed by atoms with van der Waals surface area (Å²) in [6, 6.07) is 10.5. The van der Waals surface area contributed by atoms with E-state index >= 15 is 0 Å². The van der Waals surface area contributed by atoms with Crippen LogP contribution >= 0.6 is 0 Å². The lowest BCUT2D eigenvalue weighted by Gasteiger charge is -2.22. The predicted molar refractivity (Wildman–Crippen MR) is 78.1 cm³/mol. The number of para-hydroxylation sites is 1. The fourth-order valence-electron chi connectivity index (χ4n) is 2.05. The number of rotatable bonds is 7. The van der Waals surface area contributed by atoms with E-state index in [0.717, 1.165) is 25.3 Å². The molecule has 0 N–H and O–H groups in total. The molecule has 0 saturated carbocycles. The molecule has 0 amide bonds. The molecular formula is C16H24N2O. The van der Waals surface area contributed by atoms with Gasteiger partial charge in [0.1, 0.15) is 5.75 Å². The van der Waals surface area contributed by atoms with Gasteiger partial charge in [-0.05, 0) is 31.0 Å². The van der Waals surface area contributed by atoms with Gasteiger partial charge in [0.2, 0.25) is 0 Å². The maximum absolute atomic E-state index is 9.12. The van der Waals surface area contributed by atoms with Gasteiger partial charge in [0, 0.05) is 13.1 Å². The zero-order valence-electron chi connectivity index (χ0n) is 12.4. The van der Waals surface area contributed by atoms with Crippen LogP contribution in [-0.4, -0.2) is 32.1 Å². The SMILES string of the molecule is COc1ccccc1CCN(C)CC(C#N)C(C)C. The summed E-state index contributed by atoms with van der Waals surface area (Å²) < 4.78 is 5.35. The van der Waals surface area contributed by atoms with E-state index in [1.165, 1.54) is 5.56 Å². The molecule has 0 spiro atoms. The third-order valence-electron chi connectivity index (χ3n) is 3.43. The van der Waals surface area contributed by atoms with E-state index in [1.54, 1.807) is 7.11 Å². The summed E-state index contributed by atoms with van der Waals surface area (Å²) in [6.45, 7) is 5.96. The van der Waals surface area contributed by atoms with E-state index in [2.05, 4.69) is 37.9 Å². The Morgan fingerprint density at radius 1 is 1.32 bits per heavy atom. The highest BCUT2D eigenvalue weighted by atomic mass is 16.5. The third kappa shape index (κ3) is 4.92. The lowest BCUT2D eigenvalue weighted by molar-refractivity contribution is 0.274. The molecule has 0 radical (unpaired) electrons. The van der Waals surface area contributed by atoms with Gasteiger partial charge in [0.05, 0.1) is 19.1 Å². The Labute approximate surface area is 116 Å². The van der Waals surface area contributed by atoms with Crippen LogP contribution in [0.1, 0.15) is 19.4 Å². The van der Waals surface area contributed by atoms with Crippen molar-refractivity contribution in [1.82, 2.24) is 4.90 Å². The Hall–Kier alpha value is -1.53.